The van der Waals surface area contributed by atoms with Crippen LogP contribution in [0, 0.1) is 0 Å². The number of hydrogen-bond donors (Lipinski definition) is 6. The van der Waals surface area contributed by atoms with Crippen molar-refractivity contribution in [1.29, 1.82) is 0 Å². The third-order valence-electron chi connectivity index (χ3n) is 10.2. The molecule has 1 aliphatic heterocycles. The lowest BCUT2D eigenvalue weighted by Crippen LogP contribution is -2.42. The molecule has 4 rings (SSSR count). The number of nitrogens with one attached hydrogen (secondary N) is 2. The van der Waals surface area contributed by atoms with E-state index in [-0.39, 0.29) is 18.3 Å². The molecule has 59 heavy (non-hydrogen) atoms. The van der Waals surface area contributed by atoms with Crippen LogP contribution in [0.5, 0.6) is 0 Å². The summed E-state index contributed by atoms with van der Waals surface area (Å²) in [6, 6.07) is 13.1. The molecule has 0 spiro atoms. The predicted molar refractivity (Wildman–Crippen MR) is 224 cm³/mol. The van der Waals surface area contributed by atoms with E-state index < -0.39 is 60.6 Å². The molecule has 2 atom stereocenters. The minimum atomic E-state index is -1.48. The number of rotatable bonds is 22. The van der Waals surface area contributed by atoms with Gasteiger partial charge in [-0.1, -0.05) is 72.9 Å². The lowest BCUT2D eigenvalue weighted by Gasteiger charge is -2.15. The van der Waals surface area contributed by atoms with Gasteiger partial charge in [-0.15, -0.1) is 0 Å². The highest BCUT2D eigenvalue weighted by Crippen LogP contribution is 2.40. The number of aromatic nitrogens is 1. The maximum Gasteiger partial charge on any atom is 0.326 e. The fraction of sp³-hybridized carbons (Fsp3) is 0.356. The van der Waals surface area contributed by atoms with E-state index >= 15 is 0 Å². The smallest absolute Gasteiger partial charge is 0.326 e. The van der Waals surface area contributed by atoms with Gasteiger partial charge in [0.2, 0.25) is 17.5 Å². The first-order valence-electron chi connectivity index (χ1n) is 19.5. The minimum Gasteiger partial charge on any atom is -0.481 e. The summed E-state index contributed by atoms with van der Waals surface area (Å²) >= 11 is 0. The summed E-state index contributed by atoms with van der Waals surface area (Å²) in [5, 5.41) is 43.8. The molecule has 0 fully saturated rings. The summed E-state index contributed by atoms with van der Waals surface area (Å²) in [5.41, 5.74) is 5.03. The zero-order valence-electron chi connectivity index (χ0n) is 33.6. The van der Waals surface area contributed by atoms with E-state index in [1.807, 2.05) is 73.7 Å². The zero-order valence-corrected chi connectivity index (χ0v) is 33.6. The number of benzene rings is 2. The summed E-state index contributed by atoms with van der Waals surface area (Å²) < 4.78 is 4.39. The predicted octanol–water partition coefficient (Wildman–Crippen LogP) is 4.40. The van der Waals surface area contributed by atoms with Gasteiger partial charge in [0.05, 0.1) is 18.3 Å². The van der Waals surface area contributed by atoms with Gasteiger partial charge in [0, 0.05) is 65.0 Å². The number of carboxylic acid groups (broad SMARTS) is 4. The van der Waals surface area contributed by atoms with E-state index in [9.17, 15) is 39.0 Å². The second kappa shape index (κ2) is 20.7. The molecule has 0 bridgehead atoms. The third-order valence-corrected chi connectivity index (χ3v) is 10.2. The Morgan fingerprint density at radius 3 is 1.98 bits per heavy atom. The largest absolute Gasteiger partial charge is 0.481 e. The summed E-state index contributed by atoms with van der Waals surface area (Å²) in [7, 11) is 0. The number of fused-ring (bicyclic) bond motifs is 2. The average Bonchev–Trinajstić information content (AvgIpc) is 3.56. The molecular weight excluding hydrogens is 757 g/mol. The van der Waals surface area contributed by atoms with Crippen molar-refractivity contribution < 1.29 is 53.8 Å². The van der Waals surface area contributed by atoms with Crippen LogP contribution in [0.2, 0.25) is 0 Å². The number of carboxylic acids is 4. The average molecular weight is 810 g/mol. The van der Waals surface area contributed by atoms with E-state index in [0.717, 1.165) is 38.4 Å². The Kier molecular flexibility index (Phi) is 15.9. The van der Waals surface area contributed by atoms with Gasteiger partial charge >= 0.3 is 23.9 Å². The number of allylic oxidation sites excluding steroid dienone is 6. The van der Waals surface area contributed by atoms with Gasteiger partial charge in [0.1, 0.15) is 18.6 Å². The molecule has 0 aliphatic carbocycles. The molecule has 312 valence electrons. The molecule has 1 aromatic heterocycles. The lowest BCUT2D eigenvalue weighted by atomic mass is 9.81. The Hall–Kier alpha value is -6.57. The first kappa shape index (κ1) is 45.1. The van der Waals surface area contributed by atoms with Crippen molar-refractivity contribution in [2.24, 2.45) is 0 Å². The Labute approximate surface area is 342 Å². The van der Waals surface area contributed by atoms with E-state index in [0.29, 0.717) is 38.8 Å². The first-order valence-corrected chi connectivity index (χ1v) is 19.5. The van der Waals surface area contributed by atoms with Gasteiger partial charge in [-0.05, 0) is 52.2 Å². The standard InChI is InChI=1S/C45H52N4O10/c1-29(15-13-21-35-30(2)31-17-5-7-19-36(31)48(35)25-11-9-23-39(50)46-33(43(56)57)27-41(52)53)16-14-22-38-45(3,4)32-18-6-8-20-37(32)49(38)26-12-10-24-40(51)47-34(44(58)59)28-42(54)55/h5-8,13-22,33-34H,2,9-12,23-28H2,1,3-4H3,(H5-,46,47,50,51,52,53,54,55,56,57,58,59)/p+1. The Morgan fingerprint density at radius 1 is 0.797 bits per heavy atom. The van der Waals surface area contributed by atoms with Gasteiger partial charge in [0.15, 0.2) is 5.71 Å². The summed E-state index contributed by atoms with van der Waals surface area (Å²) in [6.07, 6.45) is 13.0. The van der Waals surface area contributed by atoms with E-state index in [1.165, 1.54) is 5.56 Å². The van der Waals surface area contributed by atoms with Crippen LogP contribution in [0.25, 0.3) is 23.6 Å². The minimum absolute atomic E-state index is 0.0588. The van der Waals surface area contributed by atoms with E-state index in [2.05, 4.69) is 58.4 Å². The highest BCUT2D eigenvalue weighted by molar-refractivity contribution is 6.03. The number of aryl methyl sites for hydroxylation is 1. The molecule has 6 N–H and O–H groups in total. The summed E-state index contributed by atoms with van der Waals surface area (Å²) in [5.74, 6) is -6.41. The van der Waals surface area contributed by atoms with E-state index in [4.69, 9.17) is 10.2 Å². The van der Waals surface area contributed by atoms with Crippen LogP contribution >= 0.6 is 0 Å². The second-order valence-corrected chi connectivity index (χ2v) is 15.0. The van der Waals surface area contributed by atoms with Crippen molar-refractivity contribution in [3.05, 3.63) is 101 Å². The Balaban J connectivity index is 1.46. The summed E-state index contributed by atoms with van der Waals surface area (Å²) in [4.78, 5) is 69.4. The van der Waals surface area contributed by atoms with Crippen molar-refractivity contribution in [1.82, 2.24) is 15.2 Å². The van der Waals surface area contributed by atoms with Crippen LogP contribution in [-0.4, -0.2) is 89.6 Å². The van der Waals surface area contributed by atoms with Crippen molar-refractivity contribution in [3.63, 3.8) is 0 Å². The second-order valence-electron chi connectivity index (χ2n) is 15.0. The number of amides is 2. The molecule has 2 unspecified atom stereocenters. The van der Waals surface area contributed by atoms with Gasteiger partial charge in [-0.2, -0.15) is 4.58 Å². The van der Waals surface area contributed by atoms with Crippen LogP contribution in [-0.2, 0) is 40.7 Å². The topological polar surface area (TPSA) is 215 Å². The van der Waals surface area contributed by atoms with Gasteiger partial charge < -0.3 is 35.6 Å². The Bertz CT molecular complexity index is 2330. The van der Waals surface area contributed by atoms with Crippen molar-refractivity contribution in [3.8, 4) is 0 Å². The molecule has 1 aliphatic rings. The van der Waals surface area contributed by atoms with Crippen LogP contribution in [0.15, 0.2) is 84.5 Å². The number of carbonyl (C=O) groups is 6. The molecule has 2 amide bonds. The van der Waals surface area contributed by atoms with Gasteiger partial charge in [-0.25, -0.2) is 9.59 Å². The molecule has 2 aromatic carbocycles. The van der Waals surface area contributed by atoms with Crippen LogP contribution < -0.4 is 21.2 Å². The van der Waals surface area contributed by atoms with E-state index in [1.54, 1.807) is 0 Å². The SMILES string of the molecule is C=c1\c(=C/C=C/C(C)=C/C=C/C2=[N+](CCCCC(=O)NC(CC(=O)O)C(=O)O)c3ccccc3C2(C)C)n(CCCCC(=O)NC(CC(=O)O)C(=O)O)c2ccccc12. The van der Waals surface area contributed by atoms with Crippen LogP contribution in [0.1, 0.15) is 77.7 Å². The molecule has 0 saturated heterocycles. The number of hydrogen-bond acceptors (Lipinski definition) is 6. The van der Waals surface area contributed by atoms with Crippen molar-refractivity contribution in [2.75, 3.05) is 6.54 Å². The quantitative estimate of drug-likeness (QED) is 0.0478. The monoisotopic (exact) mass is 809 g/mol. The molecule has 14 heteroatoms. The van der Waals surface area contributed by atoms with Crippen LogP contribution in [0.4, 0.5) is 5.69 Å². The molecule has 0 radical (unpaired) electrons. The Morgan fingerprint density at radius 2 is 1.37 bits per heavy atom. The number of nitrogens with zero attached hydrogens (tertiary/aromatic N) is 2. The third kappa shape index (κ3) is 12.2. The maximum atomic E-state index is 12.4. The van der Waals surface area contributed by atoms with Crippen LogP contribution in [0.3, 0.4) is 0 Å². The van der Waals surface area contributed by atoms with Crippen molar-refractivity contribution in [2.45, 2.75) is 96.2 Å². The normalized spacial score (nSPS) is 15.1. The number of carbonyl (C=O) groups excluding carboxylic acids is 2. The highest BCUT2D eigenvalue weighted by atomic mass is 16.4. The number of aliphatic carboxylic acids is 4. The van der Waals surface area contributed by atoms with Gasteiger partial charge in [0.25, 0.3) is 0 Å². The van der Waals surface area contributed by atoms with Gasteiger partial charge in [-0.3, -0.25) is 19.2 Å². The zero-order chi connectivity index (χ0) is 43.3. The molecule has 3 aromatic rings. The molecule has 0 saturated carbocycles. The van der Waals surface area contributed by atoms with Crippen molar-refractivity contribution >= 4 is 70.6 Å². The summed E-state index contributed by atoms with van der Waals surface area (Å²) in [6.45, 7) is 11.9. The lowest BCUT2D eigenvalue weighted by molar-refractivity contribution is -0.438. The molecular formula is C45H53N4O10+. The highest BCUT2D eigenvalue weighted by Gasteiger charge is 2.43. The fourth-order valence-electron chi connectivity index (χ4n) is 7.24. The molecule has 14 nitrogen and oxygen atoms in total. The number of para-hydroxylation sites is 2. The fourth-order valence-corrected chi connectivity index (χ4v) is 7.24. The molecule has 2 heterocycles. The maximum absolute atomic E-state index is 12.4. The first-order chi connectivity index (χ1) is 28.0. The number of unbranched alkanes of at least 4 members (excludes halogenated alkanes) is 2.